The number of carbonyl (C=O) groups excluding carboxylic acids is 1. The van der Waals surface area contributed by atoms with Gasteiger partial charge in [-0.3, -0.25) is 14.9 Å². The van der Waals surface area contributed by atoms with E-state index in [1.807, 2.05) is 0 Å². The van der Waals surface area contributed by atoms with Crippen molar-refractivity contribution < 1.29 is 9.72 Å². The zero-order valence-electron chi connectivity index (χ0n) is 12.6. The van der Waals surface area contributed by atoms with Gasteiger partial charge in [0.05, 0.1) is 4.92 Å². The summed E-state index contributed by atoms with van der Waals surface area (Å²) >= 11 is 3.40. The minimum atomic E-state index is -0.444. The molecule has 0 radical (unpaired) electrons. The van der Waals surface area contributed by atoms with Crippen LogP contribution in [-0.4, -0.2) is 22.7 Å². The van der Waals surface area contributed by atoms with Gasteiger partial charge in [0.15, 0.2) is 0 Å². The molecule has 0 fully saturated rings. The molecule has 0 aliphatic rings. The SMILES string of the molecule is Cc1cc(C(=O)NCC(C)(C)CCCBr)ccc1[N+](=O)[O-]. The number of halogens is 1. The standard InChI is InChI=1S/C15H21BrN2O3/c1-11-9-12(5-6-13(11)18(20)21)14(19)17-10-15(2,3)7-4-8-16/h5-6,9H,4,7-8,10H2,1-3H3,(H,17,19). The number of nitrogens with zero attached hydrogens (tertiary/aromatic N) is 1. The minimum absolute atomic E-state index is 0.0270. The number of nitrogens with one attached hydrogen (secondary N) is 1. The number of nitro groups is 1. The van der Waals surface area contributed by atoms with Gasteiger partial charge in [-0.05, 0) is 37.3 Å². The first kappa shape index (κ1) is 17.6. The van der Waals surface area contributed by atoms with E-state index in [1.54, 1.807) is 13.0 Å². The van der Waals surface area contributed by atoms with Gasteiger partial charge in [0.1, 0.15) is 0 Å². The quantitative estimate of drug-likeness (QED) is 0.458. The van der Waals surface area contributed by atoms with Gasteiger partial charge in [0.25, 0.3) is 11.6 Å². The maximum Gasteiger partial charge on any atom is 0.272 e. The van der Waals surface area contributed by atoms with Crippen molar-refractivity contribution in [1.29, 1.82) is 0 Å². The average Bonchev–Trinajstić information content (AvgIpc) is 2.42. The molecule has 0 unspecified atom stereocenters. The number of hydrogen-bond donors (Lipinski definition) is 1. The number of aryl methyl sites for hydroxylation is 1. The van der Waals surface area contributed by atoms with E-state index in [-0.39, 0.29) is 17.0 Å². The zero-order valence-corrected chi connectivity index (χ0v) is 14.2. The number of amides is 1. The molecule has 1 rings (SSSR count). The van der Waals surface area contributed by atoms with E-state index in [0.717, 1.165) is 18.2 Å². The van der Waals surface area contributed by atoms with Crippen molar-refractivity contribution in [2.45, 2.75) is 33.6 Å². The largest absolute Gasteiger partial charge is 0.352 e. The summed E-state index contributed by atoms with van der Waals surface area (Å²) in [6.07, 6.45) is 2.07. The maximum atomic E-state index is 12.1. The van der Waals surface area contributed by atoms with Crippen LogP contribution in [0.25, 0.3) is 0 Å². The van der Waals surface area contributed by atoms with Gasteiger partial charge in [-0.1, -0.05) is 29.8 Å². The summed E-state index contributed by atoms with van der Waals surface area (Å²) in [6, 6.07) is 4.42. The Labute approximate surface area is 133 Å². The third-order valence-electron chi connectivity index (χ3n) is 3.37. The Bertz CT molecular complexity index is 530. The van der Waals surface area contributed by atoms with Crippen LogP contribution in [-0.2, 0) is 0 Å². The van der Waals surface area contributed by atoms with Crippen LogP contribution in [0.4, 0.5) is 5.69 Å². The first-order chi connectivity index (χ1) is 9.76. The smallest absolute Gasteiger partial charge is 0.272 e. The highest BCUT2D eigenvalue weighted by atomic mass is 79.9. The van der Waals surface area contributed by atoms with Crippen molar-refractivity contribution in [3.8, 4) is 0 Å². The van der Waals surface area contributed by atoms with E-state index in [1.165, 1.54) is 12.1 Å². The number of carbonyl (C=O) groups is 1. The maximum absolute atomic E-state index is 12.1. The second-order valence-electron chi connectivity index (χ2n) is 5.90. The number of benzene rings is 1. The Hall–Kier alpha value is -1.43. The lowest BCUT2D eigenvalue weighted by Gasteiger charge is -2.24. The van der Waals surface area contributed by atoms with Crippen molar-refractivity contribution >= 4 is 27.5 Å². The molecule has 0 saturated carbocycles. The molecule has 0 saturated heterocycles. The Morgan fingerprint density at radius 3 is 2.62 bits per heavy atom. The first-order valence-electron chi connectivity index (χ1n) is 6.86. The average molecular weight is 357 g/mol. The van der Waals surface area contributed by atoms with Gasteiger partial charge in [-0.2, -0.15) is 0 Å². The van der Waals surface area contributed by atoms with E-state index in [4.69, 9.17) is 0 Å². The number of hydrogen-bond acceptors (Lipinski definition) is 3. The fourth-order valence-corrected chi connectivity index (χ4v) is 2.34. The van der Waals surface area contributed by atoms with Crippen LogP contribution in [0.2, 0.25) is 0 Å². The lowest BCUT2D eigenvalue weighted by molar-refractivity contribution is -0.385. The predicted molar refractivity (Wildman–Crippen MR) is 87.0 cm³/mol. The minimum Gasteiger partial charge on any atom is -0.352 e. The zero-order chi connectivity index (χ0) is 16.0. The van der Waals surface area contributed by atoms with Crippen LogP contribution in [0.1, 0.15) is 42.6 Å². The molecule has 1 aromatic rings. The molecule has 0 aromatic heterocycles. The van der Waals surface area contributed by atoms with E-state index < -0.39 is 4.92 Å². The highest BCUT2D eigenvalue weighted by molar-refractivity contribution is 9.09. The molecule has 0 spiro atoms. The summed E-state index contributed by atoms with van der Waals surface area (Å²) in [5.41, 5.74) is 1.00. The van der Waals surface area contributed by atoms with Crippen LogP contribution in [0.3, 0.4) is 0 Å². The highest BCUT2D eigenvalue weighted by Crippen LogP contribution is 2.22. The monoisotopic (exact) mass is 356 g/mol. The number of rotatable bonds is 7. The highest BCUT2D eigenvalue weighted by Gasteiger charge is 2.19. The van der Waals surface area contributed by atoms with Crippen LogP contribution in [0, 0.1) is 22.5 Å². The molecule has 1 amide bonds. The van der Waals surface area contributed by atoms with Gasteiger partial charge >= 0.3 is 0 Å². The Morgan fingerprint density at radius 2 is 2.10 bits per heavy atom. The molecule has 21 heavy (non-hydrogen) atoms. The van der Waals surface area contributed by atoms with Crippen molar-refractivity contribution in [3.05, 3.63) is 39.4 Å². The van der Waals surface area contributed by atoms with E-state index >= 15 is 0 Å². The summed E-state index contributed by atoms with van der Waals surface area (Å²) in [7, 11) is 0. The number of nitro benzene ring substituents is 1. The van der Waals surface area contributed by atoms with Crippen molar-refractivity contribution in [3.63, 3.8) is 0 Å². The van der Waals surface area contributed by atoms with E-state index in [2.05, 4.69) is 35.1 Å². The lowest BCUT2D eigenvalue weighted by Crippen LogP contribution is -2.34. The van der Waals surface area contributed by atoms with E-state index in [9.17, 15) is 14.9 Å². The molecule has 0 bridgehead atoms. The Balaban J connectivity index is 2.68. The summed E-state index contributed by atoms with van der Waals surface area (Å²) in [4.78, 5) is 22.4. The van der Waals surface area contributed by atoms with Crippen LogP contribution in [0.5, 0.6) is 0 Å². The molecule has 1 N–H and O–H groups in total. The predicted octanol–water partition coefficient (Wildman–Crippen LogP) is 3.83. The van der Waals surface area contributed by atoms with Crippen molar-refractivity contribution in [2.24, 2.45) is 5.41 Å². The summed E-state index contributed by atoms with van der Waals surface area (Å²) in [5, 5.41) is 14.6. The first-order valence-corrected chi connectivity index (χ1v) is 7.98. The molecule has 116 valence electrons. The van der Waals surface area contributed by atoms with Gasteiger partial charge < -0.3 is 5.32 Å². The second kappa shape index (κ2) is 7.54. The fraction of sp³-hybridized carbons (Fsp3) is 0.533. The number of alkyl halides is 1. The Morgan fingerprint density at radius 1 is 1.43 bits per heavy atom. The van der Waals surface area contributed by atoms with Gasteiger partial charge in [-0.25, -0.2) is 0 Å². The molecule has 6 heteroatoms. The molecular weight excluding hydrogens is 336 g/mol. The topological polar surface area (TPSA) is 72.2 Å². The fourth-order valence-electron chi connectivity index (χ4n) is 2.06. The summed E-state index contributed by atoms with van der Waals surface area (Å²) < 4.78 is 0. The molecule has 0 heterocycles. The van der Waals surface area contributed by atoms with Crippen LogP contribution in [0.15, 0.2) is 18.2 Å². The second-order valence-corrected chi connectivity index (χ2v) is 6.69. The van der Waals surface area contributed by atoms with Gasteiger partial charge in [0, 0.05) is 29.1 Å². The molecule has 1 aromatic carbocycles. The van der Waals surface area contributed by atoms with E-state index in [0.29, 0.717) is 17.7 Å². The Kier molecular flexibility index (Phi) is 6.33. The normalized spacial score (nSPS) is 11.2. The van der Waals surface area contributed by atoms with Crippen molar-refractivity contribution in [1.82, 2.24) is 5.32 Å². The summed E-state index contributed by atoms with van der Waals surface area (Å²) in [5.74, 6) is -0.195. The molecule has 5 nitrogen and oxygen atoms in total. The molecule has 0 atom stereocenters. The third-order valence-corrected chi connectivity index (χ3v) is 3.93. The van der Waals surface area contributed by atoms with Gasteiger partial charge in [0.2, 0.25) is 0 Å². The molecular formula is C15H21BrN2O3. The van der Waals surface area contributed by atoms with Crippen molar-refractivity contribution in [2.75, 3.05) is 11.9 Å². The summed E-state index contributed by atoms with van der Waals surface area (Å²) in [6.45, 7) is 6.43. The van der Waals surface area contributed by atoms with Crippen LogP contribution < -0.4 is 5.32 Å². The van der Waals surface area contributed by atoms with Crippen LogP contribution >= 0.6 is 15.9 Å². The third kappa shape index (κ3) is 5.46. The van der Waals surface area contributed by atoms with Gasteiger partial charge in [-0.15, -0.1) is 0 Å². The lowest BCUT2D eigenvalue weighted by atomic mass is 9.88. The molecule has 0 aliphatic heterocycles. The molecule has 0 aliphatic carbocycles.